The van der Waals surface area contributed by atoms with Gasteiger partial charge in [-0.1, -0.05) is 145 Å². The van der Waals surface area contributed by atoms with Crippen LogP contribution in [0.4, 0.5) is 0 Å². The standard InChI is InChI=1S/C56H48N4O/c1-55(2,3)39-33-40(56(4,5)6)35-42(34-39)59-49-26-12-10-21-45(49)46-25-15-24-44(53(46)59)37-29-30-57-48(32-37)38-18-14-17-36(31-38)43-23-16-27-50-52(43)58-54(47-22-11-13-28-51(47)61)60(50)41-19-8-7-9-20-41/h7-35,61H,1-6H3. The van der Waals surface area contributed by atoms with Crippen molar-refractivity contribution >= 4 is 32.8 Å². The van der Waals surface area contributed by atoms with Crippen LogP contribution in [0.25, 0.3) is 89.1 Å². The van der Waals surface area contributed by atoms with Crippen molar-refractivity contribution in [1.29, 1.82) is 0 Å². The summed E-state index contributed by atoms with van der Waals surface area (Å²) in [6, 6.07) is 59.5. The molecule has 0 saturated heterocycles. The van der Waals surface area contributed by atoms with Gasteiger partial charge in [-0.05, 0) is 99.8 Å². The Balaban J connectivity index is 1.13. The Kier molecular flexibility index (Phi) is 9.03. The van der Waals surface area contributed by atoms with E-state index in [9.17, 15) is 5.11 Å². The van der Waals surface area contributed by atoms with Gasteiger partial charge in [-0.25, -0.2) is 4.98 Å². The lowest BCUT2D eigenvalue weighted by atomic mass is 9.80. The summed E-state index contributed by atoms with van der Waals surface area (Å²) in [7, 11) is 0. The monoisotopic (exact) mass is 792 g/mol. The maximum absolute atomic E-state index is 11.0. The molecule has 0 fully saturated rings. The Morgan fingerprint density at radius 2 is 1.07 bits per heavy atom. The summed E-state index contributed by atoms with van der Waals surface area (Å²) in [5.74, 6) is 0.872. The van der Waals surface area contributed by atoms with Crippen LogP contribution < -0.4 is 0 Å². The van der Waals surface area contributed by atoms with Gasteiger partial charge < -0.3 is 9.67 Å². The van der Waals surface area contributed by atoms with E-state index in [1.165, 1.54) is 38.6 Å². The number of hydrogen-bond acceptors (Lipinski definition) is 3. The summed E-state index contributed by atoms with van der Waals surface area (Å²) in [6.45, 7) is 13.8. The van der Waals surface area contributed by atoms with Crippen LogP contribution in [-0.2, 0) is 10.8 Å². The third kappa shape index (κ3) is 6.67. The molecule has 10 rings (SSSR count). The molecule has 5 heteroatoms. The largest absolute Gasteiger partial charge is 0.507 e. The quantitative estimate of drug-likeness (QED) is 0.182. The van der Waals surface area contributed by atoms with Crippen molar-refractivity contribution in [2.24, 2.45) is 0 Å². The number of phenolic OH excluding ortho intramolecular Hbond substituents is 1. The predicted octanol–water partition coefficient (Wildman–Crippen LogP) is 14.5. The van der Waals surface area contributed by atoms with Crippen molar-refractivity contribution in [3.05, 3.63) is 187 Å². The number of pyridine rings is 1. The van der Waals surface area contributed by atoms with Crippen LogP contribution in [0.5, 0.6) is 5.75 Å². The van der Waals surface area contributed by atoms with Gasteiger partial charge in [-0.3, -0.25) is 9.55 Å². The first-order valence-corrected chi connectivity index (χ1v) is 21.1. The van der Waals surface area contributed by atoms with Crippen LogP contribution in [0.15, 0.2) is 176 Å². The van der Waals surface area contributed by atoms with E-state index in [1.54, 1.807) is 6.07 Å². The second-order valence-electron chi connectivity index (χ2n) is 18.1. The second-order valence-corrected chi connectivity index (χ2v) is 18.1. The molecule has 0 aliphatic rings. The molecule has 0 saturated carbocycles. The zero-order chi connectivity index (χ0) is 42.0. The van der Waals surface area contributed by atoms with Gasteiger partial charge in [0.2, 0.25) is 0 Å². The summed E-state index contributed by atoms with van der Waals surface area (Å²) >= 11 is 0. The summed E-state index contributed by atoms with van der Waals surface area (Å²) in [5.41, 5.74) is 15.8. The molecule has 0 atom stereocenters. The smallest absolute Gasteiger partial charge is 0.149 e. The Hall–Kier alpha value is -7.24. The van der Waals surface area contributed by atoms with Crippen LogP contribution in [0, 0.1) is 0 Å². The molecule has 3 heterocycles. The van der Waals surface area contributed by atoms with E-state index in [4.69, 9.17) is 9.97 Å². The highest BCUT2D eigenvalue weighted by Gasteiger charge is 2.24. The van der Waals surface area contributed by atoms with E-state index < -0.39 is 0 Å². The van der Waals surface area contributed by atoms with Crippen molar-refractivity contribution in [3.63, 3.8) is 0 Å². The third-order valence-corrected chi connectivity index (χ3v) is 12.0. The zero-order valence-electron chi connectivity index (χ0n) is 35.5. The minimum atomic E-state index is -0.0211. The van der Waals surface area contributed by atoms with Crippen molar-refractivity contribution in [2.75, 3.05) is 0 Å². The maximum atomic E-state index is 11.0. The Morgan fingerprint density at radius 3 is 1.84 bits per heavy atom. The molecule has 0 radical (unpaired) electrons. The van der Waals surface area contributed by atoms with E-state index in [-0.39, 0.29) is 16.6 Å². The highest BCUT2D eigenvalue weighted by molar-refractivity contribution is 6.14. The van der Waals surface area contributed by atoms with Crippen molar-refractivity contribution in [2.45, 2.75) is 52.4 Å². The van der Waals surface area contributed by atoms with Crippen LogP contribution in [-0.4, -0.2) is 24.2 Å². The number of fused-ring (bicyclic) bond motifs is 4. The Bertz CT molecular complexity index is 3250. The first-order chi connectivity index (χ1) is 29.4. The molecule has 0 spiro atoms. The number of imidazole rings is 1. The number of nitrogens with zero attached hydrogens (tertiary/aromatic N) is 4. The number of benzene rings is 7. The fourth-order valence-corrected chi connectivity index (χ4v) is 8.74. The number of para-hydroxylation sites is 5. The lowest BCUT2D eigenvalue weighted by Gasteiger charge is -2.27. The zero-order valence-corrected chi connectivity index (χ0v) is 35.5. The molecule has 7 aromatic carbocycles. The normalized spacial score (nSPS) is 12.2. The van der Waals surface area contributed by atoms with Crippen molar-refractivity contribution < 1.29 is 5.11 Å². The fraction of sp³-hybridized carbons (Fsp3) is 0.143. The minimum absolute atomic E-state index is 0.0211. The molecule has 0 aliphatic carbocycles. The van der Waals surface area contributed by atoms with Crippen molar-refractivity contribution in [3.8, 4) is 62.0 Å². The molecule has 1 N–H and O–H groups in total. The van der Waals surface area contributed by atoms with Gasteiger partial charge in [-0.15, -0.1) is 0 Å². The van der Waals surface area contributed by atoms with Gasteiger partial charge in [0, 0.05) is 45.0 Å². The number of aromatic nitrogens is 4. The minimum Gasteiger partial charge on any atom is -0.507 e. The van der Waals surface area contributed by atoms with Gasteiger partial charge in [0.1, 0.15) is 11.6 Å². The van der Waals surface area contributed by atoms with Gasteiger partial charge in [0.15, 0.2) is 0 Å². The molecule has 0 unspecified atom stereocenters. The Morgan fingerprint density at radius 1 is 0.459 bits per heavy atom. The highest BCUT2D eigenvalue weighted by Crippen LogP contribution is 2.42. The third-order valence-electron chi connectivity index (χ3n) is 12.0. The average molecular weight is 793 g/mol. The SMILES string of the molecule is CC(C)(C)c1cc(-n2c3ccccc3c3cccc(-c4ccnc(-c5cccc(-c6cccc7c6nc(-c6ccccc6O)n7-c6ccccc6)c5)c4)c32)cc(C(C)(C)C)c1. The number of rotatable bonds is 6. The maximum Gasteiger partial charge on any atom is 0.149 e. The summed E-state index contributed by atoms with van der Waals surface area (Å²) in [4.78, 5) is 10.2. The molecular formula is C56H48N4O. The van der Waals surface area contributed by atoms with E-state index in [0.717, 1.165) is 50.2 Å². The van der Waals surface area contributed by atoms with E-state index in [2.05, 4.69) is 178 Å². The number of aromatic hydroxyl groups is 1. The topological polar surface area (TPSA) is 55.9 Å². The Labute approximate surface area is 357 Å². The molecule has 0 bridgehead atoms. The van der Waals surface area contributed by atoms with Gasteiger partial charge in [-0.2, -0.15) is 0 Å². The highest BCUT2D eigenvalue weighted by atomic mass is 16.3. The summed E-state index contributed by atoms with van der Waals surface area (Å²) < 4.78 is 4.61. The molecular weight excluding hydrogens is 745 g/mol. The summed E-state index contributed by atoms with van der Waals surface area (Å²) in [6.07, 6.45) is 1.93. The van der Waals surface area contributed by atoms with E-state index in [1.807, 2.05) is 42.6 Å². The second kappa shape index (κ2) is 14.5. The van der Waals surface area contributed by atoms with E-state index in [0.29, 0.717) is 11.4 Å². The first kappa shape index (κ1) is 38.0. The van der Waals surface area contributed by atoms with Crippen LogP contribution in [0.2, 0.25) is 0 Å². The number of hydrogen-bond donors (Lipinski definition) is 1. The molecule has 5 nitrogen and oxygen atoms in total. The molecule has 0 amide bonds. The van der Waals surface area contributed by atoms with Crippen molar-refractivity contribution in [1.82, 2.24) is 19.1 Å². The molecule has 0 aliphatic heterocycles. The predicted molar refractivity (Wildman–Crippen MR) is 254 cm³/mol. The van der Waals surface area contributed by atoms with Crippen LogP contribution in [0.3, 0.4) is 0 Å². The lowest BCUT2D eigenvalue weighted by Crippen LogP contribution is -2.17. The van der Waals surface area contributed by atoms with Gasteiger partial charge in [0.25, 0.3) is 0 Å². The molecule has 298 valence electrons. The average Bonchev–Trinajstić information content (AvgIpc) is 3.83. The van der Waals surface area contributed by atoms with Gasteiger partial charge >= 0.3 is 0 Å². The fourth-order valence-electron chi connectivity index (χ4n) is 8.74. The van der Waals surface area contributed by atoms with Crippen LogP contribution >= 0.6 is 0 Å². The van der Waals surface area contributed by atoms with Gasteiger partial charge in [0.05, 0.1) is 33.3 Å². The number of phenols is 1. The van der Waals surface area contributed by atoms with E-state index >= 15 is 0 Å². The lowest BCUT2D eigenvalue weighted by molar-refractivity contribution is 0.477. The first-order valence-electron chi connectivity index (χ1n) is 21.1. The molecule has 3 aromatic heterocycles. The molecule has 10 aromatic rings. The van der Waals surface area contributed by atoms with Crippen LogP contribution in [0.1, 0.15) is 52.7 Å². The molecule has 61 heavy (non-hydrogen) atoms. The summed E-state index contributed by atoms with van der Waals surface area (Å²) in [5, 5.41) is 13.5.